The van der Waals surface area contributed by atoms with Crippen molar-refractivity contribution in [3.05, 3.63) is 64.7 Å². The van der Waals surface area contributed by atoms with Crippen molar-refractivity contribution in [2.24, 2.45) is 0 Å². The van der Waals surface area contributed by atoms with E-state index in [0.29, 0.717) is 34.0 Å². The number of aromatic nitrogens is 2. The number of thioether (sulfide) groups is 1. The van der Waals surface area contributed by atoms with Gasteiger partial charge in [-0.05, 0) is 42.8 Å². The van der Waals surface area contributed by atoms with Crippen molar-refractivity contribution in [2.75, 3.05) is 11.1 Å². The molecular formula is C21H22FN3O2S. The van der Waals surface area contributed by atoms with Crippen LogP contribution in [0.3, 0.4) is 0 Å². The smallest absolute Gasteiger partial charge is 0.262 e. The molecule has 0 fully saturated rings. The molecule has 0 bridgehead atoms. The zero-order valence-electron chi connectivity index (χ0n) is 15.7. The number of hydrogen-bond acceptors (Lipinski definition) is 4. The molecule has 7 heteroatoms. The van der Waals surface area contributed by atoms with Crippen LogP contribution in [-0.2, 0) is 11.3 Å². The van der Waals surface area contributed by atoms with Gasteiger partial charge in [0.05, 0.1) is 10.9 Å². The normalized spacial score (nSPS) is 10.9. The van der Waals surface area contributed by atoms with E-state index in [2.05, 4.69) is 17.2 Å². The fourth-order valence-corrected chi connectivity index (χ4v) is 3.73. The third-order valence-electron chi connectivity index (χ3n) is 4.25. The Morgan fingerprint density at radius 2 is 1.93 bits per heavy atom. The highest BCUT2D eigenvalue weighted by molar-refractivity contribution is 7.99. The number of amides is 1. The van der Waals surface area contributed by atoms with Gasteiger partial charge < -0.3 is 5.32 Å². The Morgan fingerprint density at radius 1 is 1.18 bits per heavy atom. The first-order chi connectivity index (χ1) is 13.6. The maximum Gasteiger partial charge on any atom is 0.262 e. The van der Waals surface area contributed by atoms with Gasteiger partial charge in [-0.2, -0.15) is 0 Å². The van der Waals surface area contributed by atoms with Crippen molar-refractivity contribution in [3.8, 4) is 0 Å². The number of hydrogen-bond donors (Lipinski definition) is 1. The van der Waals surface area contributed by atoms with Crippen molar-refractivity contribution in [1.82, 2.24) is 9.55 Å². The zero-order valence-corrected chi connectivity index (χ0v) is 16.5. The number of carbonyl (C=O) groups is 1. The number of para-hydroxylation sites is 1. The fraction of sp³-hybridized carbons (Fsp3) is 0.286. The van der Waals surface area contributed by atoms with Crippen LogP contribution < -0.4 is 10.9 Å². The number of carbonyl (C=O) groups excluding carboxylic acids is 1. The Kier molecular flexibility index (Phi) is 6.81. The molecule has 0 unspecified atom stereocenters. The highest BCUT2D eigenvalue weighted by Crippen LogP contribution is 2.19. The van der Waals surface area contributed by atoms with Crippen LogP contribution in [-0.4, -0.2) is 21.2 Å². The molecule has 0 aliphatic carbocycles. The van der Waals surface area contributed by atoms with Crippen molar-refractivity contribution >= 4 is 34.3 Å². The Morgan fingerprint density at radius 3 is 2.68 bits per heavy atom. The van der Waals surface area contributed by atoms with Crippen molar-refractivity contribution < 1.29 is 9.18 Å². The molecule has 3 rings (SSSR count). The highest BCUT2D eigenvalue weighted by atomic mass is 32.2. The average Bonchev–Trinajstić information content (AvgIpc) is 2.69. The summed E-state index contributed by atoms with van der Waals surface area (Å²) >= 11 is 1.40. The Bertz CT molecular complexity index is 1020. The number of rotatable bonds is 8. The van der Waals surface area contributed by atoms with Gasteiger partial charge in [-0.15, -0.1) is 0 Å². The quantitative estimate of drug-likeness (QED) is 0.449. The SMILES string of the molecule is CCCCn1c(SCCC(=O)Nc2ccc(F)cc2)nc2ccccc2c1=O. The van der Waals surface area contributed by atoms with Gasteiger partial charge in [-0.3, -0.25) is 14.2 Å². The van der Waals surface area contributed by atoms with E-state index in [1.807, 2.05) is 18.2 Å². The lowest BCUT2D eigenvalue weighted by Crippen LogP contribution is -2.23. The summed E-state index contributed by atoms with van der Waals surface area (Å²) in [5.74, 6) is -0.0208. The minimum atomic E-state index is -0.346. The fourth-order valence-electron chi connectivity index (χ4n) is 2.76. The number of unbranched alkanes of at least 4 members (excludes halogenated alkanes) is 1. The molecule has 28 heavy (non-hydrogen) atoms. The third kappa shape index (κ3) is 4.98. The molecule has 0 aliphatic rings. The van der Waals surface area contributed by atoms with Crippen LogP contribution in [0.15, 0.2) is 58.5 Å². The Labute approximate surface area is 167 Å². The highest BCUT2D eigenvalue weighted by Gasteiger charge is 2.12. The van der Waals surface area contributed by atoms with Gasteiger partial charge in [0.15, 0.2) is 5.16 Å². The minimum Gasteiger partial charge on any atom is -0.326 e. The van der Waals surface area contributed by atoms with E-state index >= 15 is 0 Å². The van der Waals surface area contributed by atoms with Crippen LogP contribution in [0.5, 0.6) is 0 Å². The molecule has 2 aromatic carbocycles. The summed E-state index contributed by atoms with van der Waals surface area (Å²) in [4.78, 5) is 29.6. The number of nitrogens with zero attached hydrogens (tertiary/aromatic N) is 2. The summed E-state index contributed by atoms with van der Waals surface area (Å²) in [5, 5.41) is 3.98. The first-order valence-electron chi connectivity index (χ1n) is 9.26. The van der Waals surface area contributed by atoms with Gasteiger partial charge in [0, 0.05) is 24.4 Å². The molecule has 146 valence electrons. The number of anilines is 1. The number of halogens is 1. The molecule has 1 amide bonds. The maximum absolute atomic E-state index is 12.9. The van der Waals surface area contributed by atoms with Crippen LogP contribution in [0, 0.1) is 5.82 Å². The van der Waals surface area contributed by atoms with E-state index in [9.17, 15) is 14.0 Å². The van der Waals surface area contributed by atoms with E-state index in [1.54, 1.807) is 10.6 Å². The van der Waals surface area contributed by atoms with Gasteiger partial charge in [-0.25, -0.2) is 9.37 Å². The predicted molar refractivity (Wildman–Crippen MR) is 111 cm³/mol. The van der Waals surface area contributed by atoms with Gasteiger partial charge in [-0.1, -0.05) is 37.2 Å². The number of benzene rings is 2. The Balaban J connectivity index is 1.69. The van der Waals surface area contributed by atoms with Gasteiger partial charge in [0.25, 0.3) is 5.56 Å². The van der Waals surface area contributed by atoms with Crippen molar-refractivity contribution in [1.29, 1.82) is 0 Å². The third-order valence-corrected chi connectivity index (χ3v) is 5.23. The monoisotopic (exact) mass is 399 g/mol. The molecule has 0 saturated carbocycles. The van der Waals surface area contributed by atoms with E-state index in [1.165, 1.54) is 36.0 Å². The summed E-state index contributed by atoms with van der Waals surface area (Å²) in [6.45, 7) is 2.68. The van der Waals surface area contributed by atoms with Crippen LogP contribution in [0.25, 0.3) is 10.9 Å². The summed E-state index contributed by atoms with van der Waals surface area (Å²) in [6, 6.07) is 13.0. The van der Waals surface area contributed by atoms with Crippen LogP contribution in [0.2, 0.25) is 0 Å². The van der Waals surface area contributed by atoms with E-state index in [4.69, 9.17) is 0 Å². The maximum atomic E-state index is 12.9. The standard InChI is InChI=1S/C21H22FN3O2S/c1-2-3-13-25-20(27)17-6-4-5-7-18(17)24-21(25)28-14-12-19(26)23-16-10-8-15(22)9-11-16/h4-11H,2-3,12-14H2,1H3,(H,23,26). The molecule has 0 radical (unpaired) electrons. The molecule has 1 heterocycles. The Hall–Kier alpha value is -2.67. The number of fused-ring (bicyclic) bond motifs is 1. The van der Waals surface area contributed by atoms with Crippen LogP contribution >= 0.6 is 11.8 Å². The summed E-state index contributed by atoms with van der Waals surface area (Å²) in [5.41, 5.74) is 1.18. The largest absolute Gasteiger partial charge is 0.326 e. The lowest BCUT2D eigenvalue weighted by Gasteiger charge is -2.12. The van der Waals surface area contributed by atoms with Crippen molar-refractivity contribution in [2.45, 2.75) is 37.9 Å². The lowest BCUT2D eigenvalue weighted by atomic mass is 10.2. The van der Waals surface area contributed by atoms with Crippen LogP contribution in [0.1, 0.15) is 26.2 Å². The van der Waals surface area contributed by atoms with Gasteiger partial charge >= 0.3 is 0 Å². The molecule has 0 aliphatic heterocycles. The minimum absolute atomic E-state index is 0.0442. The second kappa shape index (κ2) is 9.50. The second-order valence-electron chi connectivity index (χ2n) is 6.38. The lowest BCUT2D eigenvalue weighted by molar-refractivity contribution is -0.115. The second-order valence-corrected chi connectivity index (χ2v) is 7.44. The first-order valence-corrected chi connectivity index (χ1v) is 10.2. The van der Waals surface area contributed by atoms with E-state index in [-0.39, 0.29) is 23.7 Å². The molecular weight excluding hydrogens is 377 g/mol. The topological polar surface area (TPSA) is 64.0 Å². The van der Waals surface area contributed by atoms with Crippen LogP contribution in [0.4, 0.5) is 10.1 Å². The van der Waals surface area contributed by atoms with Gasteiger partial charge in [0.1, 0.15) is 5.82 Å². The van der Waals surface area contributed by atoms with Gasteiger partial charge in [0.2, 0.25) is 5.91 Å². The molecule has 1 aromatic heterocycles. The predicted octanol–water partition coefficient (Wildman–Crippen LogP) is 4.46. The molecule has 0 atom stereocenters. The van der Waals surface area contributed by atoms with E-state index in [0.717, 1.165) is 12.8 Å². The van der Waals surface area contributed by atoms with E-state index < -0.39 is 0 Å². The van der Waals surface area contributed by atoms with Crippen molar-refractivity contribution in [3.63, 3.8) is 0 Å². The molecule has 0 spiro atoms. The average molecular weight is 399 g/mol. The summed E-state index contributed by atoms with van der Waals surface area (Å²) in [6.07, 6.45) is 2.13. The molecule has 0 saturated heterocycles. The summed E-state index contributed by atoms with van der Waals surface area (Å²) < 4.78 is 14.6. The molecule has 1 N–H and O–H groups in total. The molecule has 3 aromatic rings. The first kappa shape index (κ1) is 20.1. The summed E-state index contributed by atoms with van der Waals surface area (Å²) in [7, 11) is 0. The zero-order chi connectivity index (χ0) is 19.9. The molecule has 5 nitrogen and oxygen atoms in total. The number of nitrogens with one attached hydrogen (secondary N) is 1.